The van der Waals surface area contributed by atoms with E-state index in [2.05, 4.69) is 5.32 Å². The Bertz CT molecular complexity index is 188. The van der Waals surface area contributed by atoms with Crippen LogP contribution in [0.1, 0.15) is 32.6 Å². The normalized spacial score (nSPS) is 19.9. The fourth-order valence-corrected chi connectivity index (χ4v) is 1.71. The summed E-state index contributed by atoms with van der Waals surface area (Å²) < 4.78 is 5.19. The monoisotopic (exact) mass is 215 g/mol. The van der Waals surface area contributed by atoms with Gasteiger partial charge in [-0.05, 0) is 32.6 Å². The van der Waals surface area contributed by atoms with E-state index in [0.717, 1.165) is 25.7 Å². The quantitative estimate of drug-likeness (QED) is 0.663. The van der Waals surface area contributed by atoms with Gasteiger partial charge >= 0.3 is 0 Å². The Kier molecular flexibility index (Phi) is 5.65. The van der Waals surface area contributed by atoms with Crippen LogP contribution >= 0.6 is 0 Å². The summed E-state index contributed by atoms with van der Waals surface area (Å²) in [6.07, 6.45) is 2.98. The number of carbonyl (C=O) groups is 1. The molecule has 0 aromatic rings. The summed E-state index contributed by atoms with van der Waals surface area (Å²) in [6, 6.07) is 0. The van der Waals surface area contributed by atoms with Crippen LogP contribution in [0.25, 0.3) is 0 Å². The molecule has 1 atom stereocenters. The Morgan fingerprint density at radius 2 is 2.20 bits per heavy atom. The first-order chi connectivity index (χ1) is 7.20. The number of hydrogen-bond acceptors (Lipinski definition) is 3. The summed E-state index contributed by atoms with van der Waals surface area (Å²) >= 11 is 0. The van der Waals surface area contributed by atoms with Gasteiger partial charge in [0.05, 0.1) is 6.10 Å². The molecule has 1 rings (SSSR count). The summed E-state index contributed by atoms with van der Waals surface area (Å²) in [5.41, 5.74) is 0. The van der Waals surface area contributed by atoms with Gasteiger partial charge in [0.15, 0.2) is 0 Å². The molecule has 15 heavy (non-hydrogen) atoms. The molecule has 1 aliphatic heterocycles. The van der Waals surface area contributed by atoms with Crippen molar-refractivity contribution in [2.24, 2.45) is 5.92 Å². The maximum absolute atomic E-state index is 11.6. The predicted octanol–water partition coefficient (Wildman–Crippen LogP) is 0.690. The first-order valence-electron chi connectivity index (χ1n) is 5.73. The molecule has 1 saturated heterocycles. The first-order valence-corrected chi connectivity index (χ1v) is 5.73. The molecular weight excluding hydrogens is 194 g/mol. The highest BCUT2D eigenvalue weighted by Gasteiger charge is 2.20. The average Bonchev–Trinajstić information content (AvgIpc) is 2.25. The molecule has 0 spiro atoms. The third kappa shape index (κ3) is 5.14. The lowest BCUT2D eigenvalue weighted by molar-refractivity contribution is -0.127. The molecule has 0 aromatic carbocycles. The van der Waals surface area contributed by atoms with Crippen molar-refractivity contribution >= 4 is 5.91 Å². The second-order valence-electron chi connectivity index (χ2n) is 4.17. The second-order valence-corrected chi connectivity index (χ2v) is 4.17. The van der Waals surface area contributed by atoms with E-state index >= 15 is 0 Å². The van der Waals surface area contributed by atoms with Gasteiger partial charge in [-0.15, -0.1) is 0 Å². The van der Waals surface area contributed by atoms with Crippen molar-refractivity contribution in [2.75, 3.05) is 19.8 Å². The van der Waals surface area contributed by atoms with Crippen molar-refractivity contribution in [3.63, 3.8) is 0 Å². The van der Waals surface area contributed by atoms with E-state index in [1.807, 2.05) is 0 Å². The first kappa shape index (κ1) is 12.5. The minimum atomic E-state index is -0.273. The Morgan fingerprint density at radius 1 is 1.53 bits per heavy atom. The van der Waals surface area contributed by atoms with Crippen LogP contribution in [0.2, 0.25) is 0 Å². The lowest BCUT2D eigenvalue weighted by Crippen LogP contribution is -2.34. The van der Waals surface area contributed by atoms with E-state index in [4.69, 9.17) is 9.84 Å². The van der Waals surface area contributed by atoms with E-state index in [1.54, 1.807) is 6.92 Å². The van der Waals surface area contributed by atoms with Gasteiger partial charge in [-0.3, -0.25) is 4.79 Å². The highest BCUT2D eigenvalue weighted by molar-refractivity contribution is 5.78. The zero-order chi connectivity index (χ0) is 11.1. The number of aliphatic hydroxyl groups is 1. The average molecular weight is 215 g/mol. The second kappa shape index (κ2) is 6.80. The molecule has 0 saturated carbocycles. The number of nitrogens with one attached hydrogen (secondary N) is 1. The molecule has 4 heteroatoms. The Balaban J connectivity index is 2.07. The molecule has 0 bridgehead atoms. The van der Waals surface area contributed by atoms with Crippen LogP contribution in [-0.2, 0) is 9.53 Å². The maximum Gasteiger partial charge on any atom is 0.223 e. The van der Waals surface area contributed by atoms with Crippen LogP contribution < -0.4 is 5.32 Å². The minimum absolute atomic E-state index is 0.130. The lowest BCUT2D eigenvalue weighted by Gasteiger charge is -2.21. The Labute approximate surface area is 91.0 Å². The molecule has 0 aliphatic carbocycles. The number of carbonyl (C=O) groups excluding carboxylic acids is 1. The SMILES string of the molecule is CC(O)CCCNC(=O)C1CCOCC1. The van der Waals surface area contributed by atoms with Crippen molar-refractivity contribution in [1.29, 1.82) is 0 Å². The summed E-state index contributed by atoms with van der Waals surface area (Å²) in [4.78, 5) is 11.6. The number of amides is 1. The van der Waals surface area contributed by atoms with Gasteiger partial charge in [-0.2, -0.15) is 0 Å². The van der Waals surface area contributed by atoms with Crippen LogP contribution in [0.15, 0.2) is 0 Å². The fraction of sp³-hybridized carbons (Fsp3) is 0.909. The minimum Gasteiger partial charge on any atom is -0.393 e. The molecule has 0 aromatic heterocycles. The van der Waals surface area contributed by atoms with E-state index in [0.29, 0.717) is 19.8 Å². The maximum atomic E-state index is 11.6. The molecule has 2 N–H and O–H groups in total. The summed E-state index contributed by atoms with van der Waals surface area (Å²) in [7, 11) is 0. The largest absolute Gasteiger partial charge is 0.393 e. The molecule has 1 heterocycles. The van der Waals surface area contributed by atoms with Gasteiger partial charge in [-0.1, -0.05) is 0 Å². The van der Waals surface area contributed by atoms with Crippen molar-refractivity contribution in [1.82, 2.24) is 5.32 Å². The molecule has 88 valence electrons. The van der Waals surface area contributed by atoms with Gasteiger partial charge < -0.3 is 15.2 Å². The molecule has 1 fully saturated rings. The molecule has 1 amide bonds. The highest BCUT2D eigenvalue weighted by Crippen LogP contribution is 2.14. The Hall–Kier alpha value is -0.610. The smallest absolute Gasteiger partial charge is 0.223 e. The third-order valence-corrected chi connectivity index (χ3v) is 2.69. The number of rotatable bonds is 5. The van der Waals surface area contributed by atoms with E-state index in [9.17, 15) is 4.79 Å². The zero-order valence-electron chi connectivity index (χ0n) is 9.37. The van der Waals surface area contributed by atoms with Crippen molar-refractivity contribution < 1.29 is 14.6 Å². The number of aliphatic hydroxyl groups excluding tert-OH is 1. The van der Waals surface area contributed by atoms with E-state index in [1.165, 1.54) is 0 Å². The van der Waals surface area contributed by atoms with Crippen LogP contribution in [0.5, 0.6) is 0 Å². The zero-order valence-corrected chi connectivity index (χ0v) is 9.37. The molecule has 1 aliphatic rings. The van der Waals surface area contributed by atoms with Gasteiger partial charge in [0.25, 0.3) is 0 Å². The van der Waals surface area contributed by atoms with Gasteiger partial charge in [-0.25, -0.2) is 0 Å². The molecule has 1 unspecified atom stereocenters. The van der Waals surface area contributed by atoms with Crippen molar-refractivity contribution in [3.05, 3.63) is 0 Å². The molecule has 4 nitrogen and oxygen atoms in total. The standard InChI is InChI=1S/C11H21NO3/c1-9(13)3-2-6-12-11(14)10-4-7-15-8-5-10/h9-10,13H,2-8H2,1H3,(H,12,14). The summed E-state index contributed by atoms with van der Waals surface area (Å²) in [5, 5.41) is 11.9. The number of hydrogen-bond donors (Lipinski definition) is 2. The topological polar surface area (TPSA) is 58.6 Å². The van der Waals surface area contributed by atoms with Gasteiger partial charge in [0.1, 0.15) is 0 Å². The van der Waals surface area contributed by atoms with E-state index < -0.39 is 0 Å². The third-order valence-electron chi connectivity index (χ3n) is 2.69. The predicted molar refractivity (Wildman–Crippen MR) is 57.5 cm³/mol. The van der Waals surface area contributed by atoms with Gasteiger partial charge in [0, 0.05) is 25.7 Å². The van der Waals surface area contributed by atoms with E-state index in [-0.39, 0.29) is 17.9 Å². The number of ether oxygens (including phenoxy) is 1. The van der Waals surface area contributed by atoms with Crippen LogP contribution in [0.3, 0.4) is 0 Å². The van der Waals surface area contributed by atoms with Crippen LogP contribution in [0, 0.1) is 5.92 Å². The molecule has 0 radical (unpaired) electrons. The highest BCUT2D eigenvalue weighted by atomic mass is 16.5. The van der Waals surface area contributed by atoms with Crippen LogP contribution in [-0.4, -0.2) is 36.9 Å². The summed E-state index contributed by atoms with van der Waals surface area (Å²) in [6.45, 7) is 3.83. The Morgan fingerprint density at radius 3 is 2.80 bits per heavy atom. The molecular formula is C11H21NO3. The van der Waals surface area contributed by atoms with Crippen LogP contribution in [0.4, 0.5) is 0 Å². The summed E-state index contributed by atoms with van der Waals surface area (Å²) in [5.74, 6) is 0.272. The lowest BCUT2D eigenvalue weighted by atomic mass is 9.99. The van der Waals surface area contributed by atoms with Gasteiger partial charge in [0.2, 0.25) is 5.91 Å². The van der Waals surface area contributed by atoms with Crippen molar-refractivity contribution in [2.45, 2.75) is 38.7 Å². The van der Waals surface area contributed by atoms with Crippen molar-refractivity contribution in [3.8, 4) is 0 Å². The fourth-order valence-electron chi connectivity index (χ4n) is 1.71.